The molecule has 7 rings (SSSR count). The van der Waals surface area contributed by atoms with Crippen LogP contribution in [0.2, 0.25) is 0 Å². The number of nitrogens with zero attached hydrogens (tertiary/aromatic N) is 2. The zero-order valence-electron chi connectivity index (χ0n) is 37.7. The van der Waals surface area contributed by atoms with E-state index in [1.54, 1.807) is 9.80 Å². The summed E-state index contributed by atoms with van der Waals surface area (Å²) in [6.07, 6.45) is 6.59. The van der Waals surface area contributed by atoms with E-state index in [1.807, 2.05) is 64.1 Å². The molecular formula is C50H62N6O8. The smallest absolute Gasteiger partial charge is 0.407 e. The molecule has 6 atom stereocenters. The maximum Gasteiger partial charge on any atom is 0.407 e. The lowest BCUT2D eigenvalue weighted by molar-refractivity contribution is -0.139. The molecule has 2 heterocycles. The fourth-order valence-corrected chi connectivity index (χ4v) is 9.54. The van der Waals surface area contributed by atoms with E-state index in [-0.39, 0.29) is 47.3 Å². The largest absolute Gasteiger partial charge is 0.453 e. The van der Waals surface area contributed by atoms with E-state index in [2.05, 4.69) is 63.7 Å². The standard InChI is InChI=1S/C50H62N6O8/c1-29(2)43(53-49(61)63-5)47(59)55-27-7-9-40(55)45(57)51-36-21-17-33(18-22-36)38-25-26-39(42(38)35-15-13-32(14-16-35)31-11-12-31)34-19-23-37(24-20-34)52-46(58)41-10-8-28-56(41)48(60)44(30(3)4)54-50(62)64-6/h13-25,29-31,39-44H,7-12,26-28H2,1-6H3,(H,51,57)(H,52,58)(H,53,61)(H,54,62)/t39?,40-,41-,42?,43-,44-/m0/s1. The minimum atomic E-state index is -0.810. The lowest BCUT2D eigenvalue weighted by atomic mass is 9.78. The molecular weight excluding hydrogens is 813 g/mol. The Morgan fingerprint density at radius 3 is 1.45 bits per heavy atom. The topological polar surface area (TPSA) is 175 Å². The molecule has 6 amide bonds. The van der Waals surface area contributed by atoms with Gasteiger partial charge in [-0.05, 0) is 121 Å². The monoisotopic (exact) mass is 874 g/mol. The highest BCUT2D eigenvalue weighted by Crippen LogP contribution is 2.51. The normalized spacial score (nSPS) is 21.5. The van der Waals surface area contributed by atoms with Gasteiger partial charge in [0.1, 0.15) is 24.2 Å². The van der Waals surface area contributed by atoms with Gasteiger partial charge in [0.25, 0.3) is 0 Å². The summed E-state index contributed by atoms with van der Waals surface area (Å²) in [7, 11) is 2.51. The van der Waals surface area contributed by atoms with Gasteiger partial charge in [0.15, 0.2) is 0 Å². The van der Waals surface area contributed by atoms with Crippen LogP contribution in [0.4, 0.5) is 21.0 Å². The number of likely N-dealkylation sites (tertiary alicyclic amines) is 2. The SMILES string of the molecule is COC(=O)N[C@H](C(=O)N1CCC[C@H]1C(=O)Nc1ccc(C2=CCC(c3ccc(NC(=O)[C@@H]4CCCN4C(=O)[C@@H](NC(=O)OC)C(C)C)cc3)C2c2ccc(C3CC3)cc2)cc1)C(C)C. The summed E-state index contributed by atoms with van der Waals surface area (Å²) in [6.45, 7) is 8.23. The summed E-state index contributed by atoms with van der Waals surface area (Å²) in [5.74, 6) is -0.724. The average molecular weight is 875 g/mol. The van der Waals surface area contributed by atoms with Crippen molar-refractivity contribution in [1.82, 2.24) is 20.4 Å². The number of allylic oxidation sites excluding steroid dienone is 2. The number of benzene rings is 3. The van der Waals surface area contributed by atoms with Crippen LogP contribution >= 0.6 is 0 Å². The Bertz CT molecular complexity index is 2220. The van der Waals surface area contributed by atoms with E-state index >= 15 is 0 Å². The van der Waals surface area contributed by atoms with Crippen molar-refractivity contribution in [2.45, 2.75) is 115 Å². The van der Waals surface area contributed by atoms with Crippen LogP contribution in [0.1, 0.15) is 113 Å². The Hall–Kier alpha value is -6.18. The molecule has 3 fully saturated rings. The molecule has 4 aliphatic rings. The first-order valence-corrected chi connectivity index (χ1v) is 22.7. The van der Waals surface area contributed by atoms with Crippen molar-refractivity contribution in [2.75, 3.05) is 37.9 Å². The molecule has 340 valence electrons. The predicted octanol–water partition coefficient (Wildman–Crippen LogP) is 7.54. The molecule has 64 heavy (non-hydrogen) atoms. The van der Waals surface area contributed by atoms with Gasteiger partial charge in [-0.15, -0.1) is 0 Å². The summed E-state index contributed by atoms with van der Waals surface area (Å²) < 4.78 is 9.48. The molecule has 0 bridgehead atoms. The van der Waals surface area contributed by atoms with Gasteiger partial charge in [-0.25, -0.2) is 9.59 Å². The Kier molecular flexibility index (Phi) is 14.4. The second-order valence-corrected chi connectivity index (χ2v) is 18.2. The maximum atomic E-state index is 13.7. The average Bonchev–Trinajstić information content (AvgIpc) is 3.62. The van der Waals surface area contributed by atoms with Crippen LogP contribution in [0.3, 0.4) is 0 Å². The Morgan fingerprint density at radius 2 is 1.02 bits per heavy atom. The predicted molar refractivity (Wildman–Crippen MR) is 244 cm³/mol. The van der Waals surface area contributed by atoms with Gasteiger partial charge in [0, 0.05) is 30.4 Å². The number of ether oxygens (including phenoxy) is 2. The Balaban J connectivity index is 1.04. The van der Waals surface area contributed by atoms with Gasteiger partial charge in [0.05, 0.1) is 14.2 Å². The molecule has 2 unspecified atom stereocenters. The number of nitrogens with one attached hydrogen (secondary N) is 4. The van der Waals surface area contributed by atoms with Crippen LogP contribution in [-0.2, 0) is 28.7 Å². The summed E-state index contributed by atoms with van der Waals surface area (Å²) in [5.41, 5.74) is 7.22. The molecule has 14 heteroatoms. The summed E-state index contributed by atoms with van der Waals surface area (Å²) in [5, 5.41) is 11.3. The molecule has 2 saturated heterocycles. The molecule has 2 aliphatic carbocycles. The highest BCUT2D eigenvalue weighted by Gasteiger charge is 2.41. The first kappa shape index (κ1) is 45.8. The van der Waals surface area contributed by atoms with Crippen LogP contribution in [0.25, 0.3) is 5.57 Å². The number of amides is 6. The van der Waals surface area contributed by atoms with Crippen molar-refractivity contribution in [2.24, 2.45) is 11.8 Å². The molecule has 0 aromatic heterocycles. The molecule has 1 saturated carbocycles. The van der Waals surface area contributed by atoms with E-state index in [0.29, 0.717) is 56.1 Å². The van der Waals surface area contributed by atoms with Crippen LogP contribution in [0, 0.1) is 11.8 Å². The van der Waals surface area contributed by atoms with Crippen LogP contribution in [0.15, 0.2) is 78.9 Å². The molecule has 0 radical (unpaired) electrons. The zero-order valence-corrected chi connectivity index (χ0v) is 37.7. The summed E-state index contributed by atoms with van der Waals surface area (Å²) in [6, 6.07) is 22.0. The molecule has 3 aromatic carbocycles. The fraction of sp³-hybridized carbons (Fsp3) is 0.480. The number of anilines is 2. The van der Waals surface area contributed by atoms with Gasteiger partial charge < -0.3 is 40.5 Å². The van der Waals surface area contributed by atoms with Crippen LogP contribution < -0.4 is 21.3 Å². The highest BCUT2D eigenvalue weighted by molar-refractivity contribution is 6.00. The van der Waals surface area contributed by atoms with Gasteiger partial charge >= 0.3 is 12.2 Å². The molecule has 2 aliphatic heterocycles. The highest BCUT2D eigenvalue weighted by atomic mass is 16.5. The number of methoxy groups -OCH3 is 2. The minimum absolute atomic E-state index is 0.0465. The third-order valence-electron chi connectivity index (χ3n) is 13.2. The third kappa shape index (κ3) is 10.3. The second kappa shape index (κ2) is 20.1. The number of alkyl carbamates (subject to hydrolysis) is 2. The lowest BCUT2D eigenvalue weighted by Crippen LogP contribution is -2.54. The van der Waals surface area contributed by atoms with Crippen molar-refractivity contribution in [3.8, 4) is 0 Å². The molecule has 14 nitrogen and oxygen atoms in total. The van der Waals surface area contributed by atoms with Crippen molar-refractivity contribution < 1.29 is 38.2 Å². The number of hydrogen-bond donors (Lipinski definition) is 4. The number of carbonyl (C=O) groups excluding carboxylic acids is 6. The van der Waals surface area contributed by atoms with E-state index in [0.717, 1.165) is 17.5 Å². The van der Waals surface area contributed by atoms with Crippen molar-refractivity contribution >= 4 is 52.8 Å². The number of carbonyl (C=O) groups is 6. The van der Waals surface area contributed by atoms with Gasteiger partial charge in [-0.1, -0.05) is 82.3 Å². The van der Waals surface area contributed by atoms with E-state index in [4.69, 9.17) is 9.47 Å². The van der Waals surface area contributed by atoms with Gasteiger partial charge in [-0.2, -0.15) is 0 Å². The number of rotatable bonds is 14. The molecule has 4 N–H and O–H groups in total. The van der Waals surface area contributed by atoms with Crippen molar-refractivity contribution in [3.05, 3.63) is 101 Å². The van der Waals surface area contributed by atoms with E-state index < -0.39 is 36.4 Å². The molecule has 0 spiro atoms. The first-order valence-electron chi connectivity index (χ1n) is 22.7. The summed E-state index contributed by atoms with van der Waals surface area (Å²) >= 11 is 0. The summed E-state index contributed by atoms with van der Waals surface area (Å²) in [4.78, 5) is 81.6. The Labute approximate surface area is 375 Å². The second-order valence-electron chi connectivity index (χ2n) is 18.2. The zero-order chi connectivity index (χ0) is 45.7. The maximum absolute atomic E-state index is 13.7. The van der Waals surface area contributed by atoms with Crippen LogP contribution in [0.5, 0.6) is 0 Å². The van der Waals surface area contributed by atoms with Crippen molar-refractivity contribution in [1.29, 1.82) is 0 Å². The minimum Gasteiger partial charge on any atom is -0.453 e. The van der Waals surface area contributed by atoms with Crippen molar-refractivity contribution in [3.63, 3.8) is 0 Å². The third-order valence-corrected chi connectivity index (χ3v) is 13.2. The fourth-order valence-electron chi connectivity index (χ4n) is 9.54. The number of hydrogen-bond acceptors (Lipinski definition) is 8. The first-order chi connectivity index (χ1) is 30.8. The van der Waals surface area contributed by atoms with Gasteiger partial charge in [0.2, 0.25) is 23.6 Å². The Morgan fingerprint density at radius 1 is 0.578 bits per heavy atom. The lowest BCUT2D eigenvalue weighted by Gasteiger charge is -2.30. The quantitative estimate of drug-likeness (QED) is 0.129. The van der Waals surface area contributed by atoms with Gasteiger partial charge in [-0.3, -0.25) is 19.2 Å². The van der Waals surface area contributed by atoms with E-state index in [9.17, 15) is 28.8 Å². The van der Waals surface area contributed by atoms with Crippen LogP contribution in [-0.4, -0.2) is 97.1 Å². The molecule has 3 aromatic rings. The van der Waals surface area contributed by atoms with E-state index in [1.165, 1.54) is 43.8 Å².